The van der Waals surface area contributed by atoms with Crippen molar-refractivity contribution in [2.75, 3.05) is 13.7 Å². The summed E-state index contributed by atoms with van der Waals surface area (Å²) in [6, 6.07) is 10.7. The first-order chi connectivity index (χ1) is 12.7. The Morgan fingerprint density at radius 3 is 2.77 bits per heavy atom. The molecule has 3 aromatic rings. The van der Waals surface area contributed by atoms with Crippen molar-refractivity contribution in [3.05, 3.63) is 70.4 Å². The molecule has 1 N–H and O–H groups in total. The number of nitrogens with one attached hydrogen (secondary N) is 1. The smallest absolute Gasteiger partial charge is 0.251 e. The van der Waals surface area contributed by atoms with E-state index in [0.29, 0.717) is 25.1 Å². The molecule has 7 heteroatoms. The molecule has 0 spiro atoms. The Morgan fingerprint density at radius 2 is 2.04 bits per heavy atom. The van der Waals surface area contributed by atoms with Crippen molar-refractivity contribution in [2.45, 2.75) is 13.0 Å². The number of nitrogens with zero attached hydrogens (tertiary/aromatic N) is 2. The number of benzene rings is 1. The van der Waals surface area contributed by atoms with Crippen LogP contribution in [0.2, 0.25) is 0 Å². The van der Waals surface area contributed by atoms with Gasteiger partial charge >= 0.3 is 0 Å². The second-order valence-electron chi connectivity index (χ2n) is 5.44. The van der Waals surface area contributed by atoms with Crippen LogP contribution < -0.4 is 14.8 Å². The van der Waals surface area contributed by atoms with Gasteiger partial charge in [0.1, 0.15) is 23.1 Å². The molecule has 0 aliphatic heterocycles. The van der Waals surface area contributed by atoms with Crippen molar-refractivity contribution in [2.24, 2.45) is 0 Å². The van der Waals surface area contributed by atoms with Gasteiger partial charge in [-0.1, -0.05) is 0 Å². The normalized spacial score (nSPS) is 10.3. The van der Waals surface area contributed by atoms with Crippen LogP contribution in [-0.2, 0) is 13.0 Å². The Bertz CT molecular complexity index is 835. The van der Waals surface area contributed by atoms with E-state index in [1.165, 1.54) is 0 Å². The number of carbonyl (C=O) groups is 1. The van der Waals surface area contributed by atoms with E-state index in [-0.39, 0.29) is 5.91 Å². The van der Waals surface area contributed by atoms with Crippen LogP contribution in [0.1, 0.15) is 21.1 Å². The van der Waals surface area contributed by atoms with Crippen LogP contribution in [0.25, 0.3) is 0 Å². The van der Waals surface area contributed by atoms with Crippen LogP contribution in [0.5, 0.6) is 11.5 Å². The average Bonchev–Trinajstić information content (AvgIpc) is 3.15. The molecule has 134 valence electrons. The Kier molecular flexibility index (Phi) is 6.16. The van der Waals surface area contributed by atoms with Crippen LogP contribution >= 0.6 is 11.3 Å². The number of carbonyl (C=O) groups excluding carboxylic acids is 1. The van der Waals surface area contributed by atoms with Gasteiger partial charge in [0.2, 0.25) is 0 Å². The molecule has 0 bridgehead atoms. The molecule has 0 aliphatic carbocycles. The predicted octanol–water partition coefficient (Wildman–Crippen LogP) is 3.10. The Hall–Kier alpha value is -2.93. The van der Waals surface area contributed by atoms with E-state index in [2.05, 4.69) is 15.3 Å². The maximum atomic E-state index is 12.1. The van der Waals surface area contributed by atoms with Gasteiger partial charge in [-0.05, 0) is 36.4 Å². The van der Waals surface area contributed by atoms with Gasteiger partial charge in [0.25, 0.3) is 5.91 Å². The zero-order chi connectivity index (χ0) is 18.2. The number of hydrogen-bond donors (Lipinski definition) is 1. The molecular weight excluding hydrogens is 350 g/mol. The molecule has 0 radical (unpaired) electrons. The molecule has 2 heterocycles. The van der Waals surface area contributed by atoms with Crippen LogP contribution in [0.4, 0.5) is 0 Å². The Morgan fingerprint density at radius 1 is 1.19 bits per heavy atom. The highest BCUT2D eigenvalue weighted by Gasteiger charge is 2.07. The molecule has 1 amide bonds. The highest BCUT2D eigenvalue weighted by atomic mass is 32.1. The maximum absolute atomic E-state index is 12.1. The molecule has 0 aliphatic rings. The number of thiazole rings is 1. The standard InChI is InChI=1S/C19H19N3O3S/c1-24-16-6-4-14(5-7-16)19(23)21-10-8-15-13-26-18(22-15)12-25-17-3-2-9-20-11-17/h2-7,9,11,13H,8,10,12H2,1H3,(H,21,23). The molecule has 1 aromatic carbocycles. The molecule has 3 rings (SSSR count). The third kappa shape index (κ3) is 5.03. The lowest BCUT2D eigenvalue weighted by Gasteiger charge is -2.05. The summed E-state index contributed by atoms with van der Waals surface area (Å²) >= 11 is 1.54. The largest absolute Gasteiger partial charge is 0.497 e. The minimum atomic E-state index is -0.108. The van der Waals surface area contributed by atoms with Crippen molar-refractivity contribution in [3.8, 4) is 11.5 Å². The third-order valence-electron chi connectivity index (χ3n) is 3.61. The second-order valence-corrected chi connectivity index (χ2v) is 6.39. The van der Waals surface area contributed by atoms with Gasteiger partial charge in [-0.15, -0.1) is 11.3 Å². The summed E-state index contributed by atoms with van der Waals surface area (Å²) in [5, 5.41) is 5.78. The highest BCUT2D eigenvalue weighted by Crippen LogP contribution is 2.15. The van der Waals surface area contributed by atoms with Crippen molar-refractivity contribution < 1.29 is 14.3 Å². The van der Waals surface area contributed by atoms with E-state index < -0.39 is 0 Å². The molecule has 26 heavy (non-hydrogen) atoms. The fourth-order valence-corrected chi connectivity index (χ4v) is 3.00. The highest BCUT2D eigenvalue weighted by molar-refractivity contribution is 7.09. The van der Waals surface area contributed by atoms with Crippen molar-refractivity contribution in [1.29, 1.82) is 0 Å². The monoisotopic (exact) mass is 369 g/mol. The van der Waals surface area contributed by atoms with Crippen LogP contribution in [0.15, 0.2) is 54.2 Å². The lowest BCUT2D eigenvalue weighted by molar-refractivity contribution is 0.0954. The number of hydrogen-bond acceptors (Lipinski definition) is 6. The number of ether oxygens (including phenoxy) is 2. The number of rotatable bonds is 8. The summed E-state index contributed by atoms with van der Waals surface area (Å²) < 4.78 is 10.7. The summed E-state index contributed by atoms with van der Waals surface area (Å²) in [7, 11) is 1.60. The van der Waals surface area contributed by atoms with Gasteiger partial charge in [-0.3, -0.25) is 9.78 Å². The van der Waals surface area contributed by atoms with E-state index >= 15 is 0 Å². The summed E-state index contributed by atoms with van der Waals surface area (Å²) in [6.07, 6.45) is 4.04. The fraction of sp³-hybridized carbons (Fsp3) is 0.211. The topological polar surface area (TPSA) is 73.3 Å². The van der Waals surface area contributed by atoms with E-state index in [1.54, 1.807) is 55.1 Å². The van der Waals surface area contributed by atoms with E-state index in [4.69, 9.17) is 9.47 Å². The first kappa shape index (κ1) is 17.9. The Balaban J connectivity index is 1.43. The van der Waals surface area contributed by atoms with Crippen molar-refractivity contribution >= 4 is 17.2 Å². The lowest BCUT2D eigenvalue weighted by atomic mass is 10.2. The second kappa shape index (κ2) is 8.96. The predicted molar refractivity (Wildman–Crippen MR) is 99.7 cm³/mol. The summed E-state index contributed by atoms with van der Waals surface area (Å²) in [5.74, 6) is 1.34. The van der Waals surface area contributed by atoms with Crippen molar-refractivity contribution in [1.82, 2.24) is 15.3 Å². The maximum Gasteiger partial charge on any atom is 0.251 e. The van der Waals surface area contributed by atoms with Crippen molar-refractivity contribution in [3.63, 3.8) is 0 Å². The van der Waals surface area contributed by atoms with Gasteiger partial charge in [0, 0.05) is 30.1 Å². The molecule has 0 saturated carbocycles. The summed E-state index contributed by atoms with van der Waals surface area (Å²) in [5.41, 5.74) is 1.55. The van der Waals surface area contributed by atoms with E-state index in [9.17, 15) is 4.79 Å². The van der Waals surface area contributed by atoms with Gasteiger partial charge < -0.3 is 14.8 Å². The zero-order valence-electron chi connectivity index (χ0n) is 14.3. The van der Waals surface area contributed by atoms with Gasteiger partial charge in [0.15, 0.2) is 0 Å². The van der Waals surface area contributed by atoms with Gasteiger partial charge in [0.05, 0.1) is 19.0 Å². The molecular formula is C19H19N3O3S. The number of amides is 1. The molecule has 0 fully saturated rings. The number of methoxy groups -OCH3 is 1. The fourth-order valence-electron chi connectivity index (χ4n) is 2.26. The SMILES string of the molecule is COc1ccc(C(=O)NCCc2csc(COc3cccnc3)n2)cc1. The van der Waals surface area contributed by atoms with Gasteiger partial charge in [-0.2, -0.15) is 0 Å². The molecule has 0 atom stereocenters. The molecule has 0 saturated heterocycles. The summed E-state index contributed by atoms with van der Waals surface area (Å²) in [6.45, 7) is 0.937. The zero-order valence-corrected chi connectivity index (χ0v) is 15.2. The Labute approximate surface area is 155 Å². The molecule has 6 nitrogen and oxygen atoms in total. The van der Waals surface area contributed by atoms with E-state index in [0.717, 1.165) is 22.2 Å². The van der Waals surface area contributed by atoms with Gasteiger partial charge in [-0.25, -0.2) is 4.98 Å². The third-order valence-corrected chi connectivity index (χ3v) is 4.49. The quantitative estimate of drug-likeness (QED) is 0.660. The van der Waals surface area contributed by atoms with Crippen LogP contribution in [-0.4, -0.2) is 29.5 Å². The molecule has 0 unspecified atom stereocenters. The summed E-state index contributed by atoms with van der Waals surface area (Å²) in [4.78, 5) is 20.6. The van der Waals surface area contributed by atoms with Crippen LogP contribution in [0, 0.1) is 0 Å². The molecule has 2 aromatic heterocycles. The lowest BCUT2D eigenvalue weighted by Crippen LogP contribution is -2.25. The minimum absolute atomic E-state index is 0.108. The minimum Gasteiger partial charge on any atom is -0.497 e. The number of aromatic nitrogens is 2. The first-order valence-corrected chi connectivity index (χ1v) is 9.01. The number of pyridine rings is 1. The average molecular weight is 369 g/mol. The van der Waals surface area contributed by atoms with E-state index in [1.807, 2.05) is 17.5 Å². The first-order valence-electron chi connectivity index (χ1n) is 8.13. The van der Waals surface area contributed by atoms with Crippen LogP contribution in [0.3, 0.4) is 0 Å².